The summed E-state index contributed by atoms with van der Waals surface area (Å²) >= 11 is 0. The minimum Gasteiger partial charge on any atom is -0.868 e. The lowest BCUT2D eigenvalue weighted by molar-refractivity contribution is -0.695. The van der Waals surface area contributed by atoms with E-state index < -0.39 is 23.5 Å². The third kappa shape index (κ3) is 4.33. The van der Waals surface area contributed by atoms with E-state index in [-0.39, 0.29) is 16.7 Å². The Morgan fingerprint density at radius 2 is 1.89 bits per heavy atom. The number of fused-ring (bicyclic) bond motifs is 1. The molecule has 1 amide bonds. The number of hydrogen-bond donors (Lipinski definition) is 1. The van der Waals surface area contributed by atoms with Crippen molar-refractivity contribution in [3.05, 3.63) is 102 Å². The summed E-state index contributed by atoms with van der Waals surface area (Å²) in [6, 6.07) is 16.0. The lowest BCUT2D eigenvalue weighted by Crippen LogP contribution is -2.37. The molecule has 7 nitrogen and oxygen atoms in total. The summed E-state index contributed by atoms with van der Waals surface area (Å²) < 4.78 is 7.75. The third-order valence-corrected chi connectivity index (χ3v) is 6.69. The van der Waals surface area contributed by atoms with Gasteiger partial charge in [-0.3, -0.25) is 14.6 Å². The number of Topliss-reactive ketones (excluding diaryl/α,β-unsaturated/α-hetero) is 1. The Morgan fingerprint density at radius 1 is 1.14 bits per heavy atom. The van der Waals surface area contributed by atoms with Crippen molar-refractivity contribution in [3.63, 3.8) is 0 Å². The highest BCUT2D eigenvalue weighted by molar-refractivity contribution is 6.15. The standard InChI is InChI=1S/C29H29N3O4/c1-29(2,3)21-11-9-19(10-12-21)25-24(26(33)23-17-20-7-4-5-8-22(20)36-23)27(34)28(35)32(25)15-6-14-31-16-13-30-18-31/h4-5,7-13,16-18,25H,6,14-15H2,1-3H3,(H,33,34). The molecule has 0 fully saturated rings. The van der Waals surface area contributed by atoms with Crippen molar-refractivity contribution >= 4 is 22.7 Å². The van der Waals surface area contributed by atoms with Crippen LogP contribution >= 0.6 is 0 Å². The lowest BCUT2D eigenvalue weighted by atomic mass is 9.85. The van der Waals surface area contributed by atoms with Crippen LogP contribution in [0.15, 0.2) is 89.1 Å². The second-order valence-electron chi connectivity index (χ2n) is 10.2. The number of carbonyl (C=O) groups excluding carboxylic acids is 2. The highest BCUT2D eigenvalue weighted by Crippen LogP contribution is 2.39. The molecule has 0 spiro atoms. The van der Waals surface area contributed by atoms with Gasteiger partial charge in [-0.05, 0) is 34.4 Å². The maximum atomic E-state index is 13.6. The lowest BCUT2D eigenvalue weighted by Gasteiger charge is -2.28. The topological polar surface area (TPSA) is 93.2 Å². The van der Waals surface area contributed by atoms with Crippen LogP contribution in [-0.4, -0.2) is 28.1 Å². The van der Waals surface area contributed by atoms with Crippen LogP contribution < -0.4 is 9.67 Å². The molecule has 1 aliphatic heterocycles. The molecule has 0 radical (unpaired) electrons. The van der Waals surface area contributed by atoms with Gasteiger partial charge in [-0.25, -0.2) is 4.57 Å². The van der Waals surface area contributed by atoms with E-state index in [2.05, 4.69) is 25.8 Å². The molecule has 2 aromatic carbocycles. The van der Waals surface area contributed by atoms with Gasteiger partial charge < -0.3 is 14.4 Å². The quantitative estimate of drug-likeness (QED) is 0.320. The number of para-hydroxylation sites is 1. The van der Waals surface area contributed by atoms with Crippen LogP contribution in [-0.2, 0) is 16.8 Å². The van der Waals surface area contributed by atoms with E-state index in [0.717, 1.165) is 16.5 Å². The zero-order chi connectivity index (χ0) is 25.4. The molecule has 1 atom stereocenters. The zero-order valence-corrected chi connectivity index (χ0v) is 20.7. The van der Waals surface area contributed by atoms with E-state index in [4.69, 9.17) is 4.42 Å². The van der Waals surface area contributed by atoms with Crippen LogP contribution in [0.5, 0.6) is 0 Å². The van der Waals surface area contributed by atoms with Gasteiger partial charge in [0.1, 0.15) is 18.0 Å². The van der Waals surface area contributed by atoms with E-state index in [1.807, 2.05) is 65.8 Å². The summed E-state index contributed by atoms with van der Waals surface area (Å²) in [5, 5.41) is 14.0. The number of amides is 1. The fraction of sp³-hybridized carbons (Fsp3) is 0.276. The maximum absolute atomic E-state index is 13.6. The van der Waals surface area contributed by atoms with Crippen LogP contribution in [0, 0.1) is 0 Å². The molecule has 7 heteroatoms. The predicted octanol–water partition coefficient (Wildman–Crippen LogP) is 3.82. The molecule has 1 aliphatic rings. The van der Waals surface area contributed by atoms with E-state index in [0.29, 0.717) is 25.1 Å². The van der Waals surface area contributed by atoms with E-state index >= 15 is 0 Å². The molecule has 5 rings (SSSR count). The SMILES string of the molecule is CC(C)(C)c1ccc(C2C(C(=O)c3cc4ccccc4o3)=C([O-])C(=O)N2CCC[n+]2cc[nH]c2)cc1. The number of hydrogen-bond acceptors (Lipinski definition) is 4. The Morgan fingerprint density at radius 3 is 2.56 bits per heavy atom. The minimum absolute atomic E-state index is 0.0516. The largest absolute Gasteiger partial charge is 0.868 e. The number of H-pyrrole nitrogens is 1. The first kappa shape index (κ1) is 23.6. The molecule has 36 heavy (non-hydrogen) atoms. The van der Waals surface area contributed by atoms with Crippen molar-refractivity contribution in [1.82, 2.24) is 9.88 Å². The van der Waals surface area contributed by atoms with Crippen LogP contribution in [0.2, 0.25) is 0 Å². The number of benzene rings is 2. The fourth-order valence-corrected chi connectivity index (χ4v) is 4.72. The summed E-state index contributed by atoms with van der Waals surface area (Å²) in [5.74, 6) is -1.90. The molecule has 184 valence electrons. The Kier molecular flexibility index (Phi) is 6.00. The van der Waals surface area contributed by atoms with Crippen molar-refractivity contribution in [2.75, 3.05) is 6.54 Å². The molecule has 1 N–H and O–H groups in total. The summed E-state index contributed by atoms with van der Waals surface area (Å²) in [6.45, 7) is 7.38. The Hall–Kier alpha value is -4.13. The number of nitrogens with one attached hydrogen (secondary N) is 1. The molecule has 0 bridgehead atoms. The predicted molar refractivity (Wildman–Crippen MR) is 133 cm³/mol. The number of aromatic nitrogens is 2. The van der Waals surface area contributed by atoms with E-state index in [1.165, 1.54) is 4.90 Å². The maximum Gasteiger partial charge on any atom is 0.241 e. The second kappa shape index (κ2) is 9.15. The Labute approximate surface area is 209 Å². The van der Waals surface area contributed by atoms with E-state index in [9.17, 15) is 14.7 Å². The molecule has 0 aliphatic carbocycles. The fourth-order valence-electron chi connectivity index (χ4n) is 4.72. The van der Waals surface area contributed by atoms with Gasteiger partial charge >= 0.3 is 0 Å². The third-order valence-electron chi connectivity index (χ3n) is 6.69. The average molecular weight is 484 g/mol. The Balaban J connectivity index is 1.51. The van der Waals surface area contributed by atoms with Gasteiger partial charge in [-0.15, -0.1) is 0 Å². The number of aryl methyl sites for hydroxylation is 1. The number of imidazole rings is 1. The molecule has 3 heterocycles. The number of nitrogens with zero attached hydrogens (tertiary/aromatic N) is 2. The normalized spacial score (nSPS) is 16.4. The van der Waals surface area contributed by atoms with Crippen LogP contribution in [0.25, 0.3) is 11.0 Å². The van der Waals surface area contributed by atoms with Crippen molar-refractivity contribution < 1.29 is 23.7 Å². The van der Waals surface area contributed by atoms with E-state index in [1.54, 1.807) is 12.1 Å². The van der Waals surface area contributed by atoms with Crippen molar-refractivity contribution in [2.24, 2.45) is 0 Å². The molecule has 2 aromatic heterocycles. The molecule has 0 saturated carbocycles. The van der Waals surface area contributed by atoms with Gasteiger partial charge in [0.05, 0.1) is 12.6 Å². The molecular weight excluding hydrogens is 454 g/mol. The molecule has 0 saturated heterocycles. The van der Waals surface area contributed by atoms with Gasteiger partial charge in [0.2, 0.25) is 18.0 Å². The van der Waals surface area contributed by atoms with Gasteiger partial charge in [0, 0.05) is 23.9 Å². The Bertz CT molecular complexity index is 1410. The van der Waals surface area contributed by atoms with Crippen LogP contribution in [0.4, 0.5) is 0 Å². The van der Waals surface area contributed by atoms with Crippen molar-refractivity contribution in [3.8, 4) is 0 Å². The minimum atomic E-state index is -0.768. The number of rotatable bonds is 7. The summed E-state index contributed by atoms with van der Waals surface area (Å²) in [5.41, 5.74) is 2.31. The van der Waals surface area contributed by atoms with Gasteiger partial charge in [-0.1, -0.05) is 63.2 Å². The zero-order valence-electron chi connectivity index (χ0n) is 20.7. The number of aromatic amines is 1. The second-order valence-corrected chi connectivity index (χ2v) is 10.2. The van der Waals surface area contributed by atoms with Crippen LogP contribution in [0.3, 0.4) is 0 Å². The number of carbonyl (C=O) groups is 2. The van der Waals surface area contributed by atoms with Crippen molar-refractivity contribution in [2.45, 2.75) is 45.2 Å². The molecular formula is C29H29N3O4. The molecule has 4 aromatic rings. The monoisotopic (exact) mass is 483 g/mol. The molecule has 1 unspecified atom stereocenters. The average Bonchev–Trinajstić information content (AvgIpc) is 3.58. The highest BCUT2D eigenvalue weighted by Gasteiger charge is 2.40. The first-order valence-electron chi connectivity index (χ1n) is 12.1. The highest BCUT2D eigenvalue weighted by atomic mass is 16.3. The van der Waals surface area contributed by atoms with Crippen molar-refractivity contribution in [1.29, 1.82) is 0 Å². The van der Waals surface area contributed by atoms with Crippen LogP contribution in [0.1, 0.15) is 54.9 Å². The summed E-state index contributed by atoms with van der Waals surface area (Å²) in [4.78, 5) is 31.4. The summed E-state index contributed by atoms with van der Waals surface area (Å²) in [6.07, 6.45) is 6.19. The first-order valence-corrected chi connectivity index (χ1v) is 12.1. The summed E-state index contributed by atoms with van der Waals surface area (Å²) in [7, 11) is 0. The first-order chi connectivity index (χ1) is 17.2. The van der Waals surface area contributed by atoms with Gasteiger partial charge in [0.25, 0.3) is 0 Å². The van der Waals surface area contributed by atoms with Gasteiger partial charge in [0.15, 0.2) is 5.76 Å². The van der Waals surface area contributed by atoms with Gasteiger partial charge in [-0.2, -0.15) is 0 Å². The smallest absolute Gasteiger partial charge is 0.241 e. The number of ketones is 1. The number of furan rings is 1.